The second-order valence-electron chi connectivity index (χ2n) is 9.36. The molecule has 3 saturated carbocycles. The molecule has 0 radical (unpaired) electrons. The van der Waals surface area contributed by atoms with Gasteiger partial charge in [-0.1, -0.05) is 32.4 Å². The standard InChI is InChI=1S/C20H32O2/c1-12-10-17-15-5-4-13-11-14(21)6-8-19(13,2)16(15)7-9-20(17,3)18(12)22/h4,12,14-18,21-22H,5-11H2,1-3H3/t12-,14+,15-,16+,17+,18+,19+,20+/m1/s1. The second kappa shape index (κ2) is 4.83. The third-order valence-electron chi connectivity index (χ3n) is 8.36. The molecule has 8 atom stereocenters. The van der Waals surface area contributed by atoms with Crippen LogP contribution in [0.25, 0.3) is 0 Å². The van der Waals surface area contributed by atoms with E-state index in [4.69, 9.17) is 0 Å². The van der Waals surface area contributed by atoms with Crippen molar-refractivity contribution in [3.05, 3.63) is 11.6 Å². The van der Waals surface area contributed by atoms with Gasteiger partial charge in [0.25, 0.3) is 0 Å². The third kappa shape index (κ3) is 1.86. The zero-order valence-electron chi connectivity index (χ0n) is 14.4. The first kappa shape index (κ1) is 15.2. The summed E-state index contributed by atoms with van der Waals surface area (Å²) in [5.41, 5.74) is 2.01. The summed E-state index contributed by atoms with van der Waals surface area (Å²) < 4.78 is 0. The summed E-state index contributed by atoms with van der Waals surface area (Å²) in [6, 6.07) is 0. The van der Waals surface area contributed by atoms with Crippen LogP contribution in [0.2, 0.25) is 0 Å². The van der Waals surface area contributed by atoms with Gasteiger partial charge in [-0.05, 0) is 79.4 Å². The average Bonchev–Trinajstić information content (AvgIpc) is 2.72. The van der Waals surface area contributed by atoms with Crippen molar-refractivity contribution in [2.75, 3.05) is 0 Å². The lowest BCUT2D eigenvalue weighted by atomic mass is 9.48. The lowest BCUT2D eigenvalue weighted by molar-refractivity contribution is -0.0744. The van der Waals surface area contributed by atoms with Crippen LogP contribution in [-0.2, 0) is 0 Å². The molecule has 0 aliphatic heterocycles. The molecule has 0 aromatic heterocycles. The Morgan fingerprint density at radius 1 is 1.09 bits per heavy atom. The van der Waals surface area contributed by atoms with Gasteiger partial charge < -0.3 is 10.2 Å². The topological polar surface area (TPSA) is 40.5 Å². The summed E-state index contributed by atoms with van der Waals surface area (Å²) >= 11 is 0. The van der Waals surface area contributed by atoms with Crippen LogP contribution in [0.4, 0.5) is 0 Å². The van der Waals surface area contributed by atoms with E-state index in [2.05, 4.69) is 26.8 Å². The first-order chi connectivity index (χ1) is 10.4. The van der Waals surface area contributed by atoms with E-state index in [1.54, 1.807) is 5.57 Å². The molecule has 0 heterocycles. The SMILES string of the molecule is C[C@@H]1C[C@H]2[C@@H]3CC=C4C[C@@H](O)CC[C@]4(C)[C@H]3CC[C@]2(C)[C@H]1O. The molecular formula is C20H32O2. The number of allylic oxidation sites excluding steroid dienone is 1. The first-order valence-electron chi connectivity index (χ1n) is 9.42. The quantitative estimate of drug-likeness (QED) is 0.666. The van der Waals surface area contributed by atoms with Crippen LogP contribution in [-0.4, -0.2) is 22.4 Å². The summed E-state index contributed by atoms with van der Waals surface area (Å²) in [5.74, 6) is 2.68. The van der Waals surface area contributed by atoms with Crippen molar-refractivity contribution in [1.29, 1.82) is 0 Å². The van der Waals surface area contributed by atoms with Crippen molar-refractivity contribution < 1.29 is 10.2 Å². The van der Waals surface area contributed by atoms with Gasteiger partial charge in [-0.3, -0.25) is 0 Å². The molecule has 0 unspecified atom stereocenters. The molecule has 22 heavy (non-hydrogen) atoms. The molecule has 0 saturated heterocycles. The van der Waals surface area contributed by atoms with Gasteiger partial charge in [0.05, 0.1) is 12.2 Å². The molecular weight excluding hydrogens is 272 g/mol. The number of hydrogen-bond donors (Lipinski definition) is 2. The molecule has 124 valence electrons. The highest BCUT2D eigenvalue weighted by Crippen LogP contribution is 2.65. The maximum absolute atomic E-state index is 10.7. The van der Waals surface area contributed by atoms with Crippen LogP contribution in [0, 0.1) is 34.5 Å². The molecule has 4 aliphatic rings. The number of aliphatic hydroxyl groups is 2. The molecule has 4 rings (SSSR count). The van der Waals surface area contributed by atoms with E-state index in [1.807, 2.05) is 0 Å². The van der Waals surface area contributed by atoms with Gasteiger partial charge in [-0.15, -0.1) is 0 Å². The van der Waals surface area contributed by atoms with Crippen LogP contribution >= 0.6 is 0 Å². The van der Waals surface area contributed by atoms with Gasteiger partial charge in [-0.2, -0.15) is 0 Å². The van der Waals surface area contributed by atoms with Crippen molar-refractivity contribution in [2.45, 2.75) is 77.9 Å². The minimum Gasteiger partial charge on any atom is -0.393 e. The molecule has 2 N–H and O–H groups in total. The maximum Gasteiger partial charge on any atom is 0.0622 e. The predicted molar refractivity (Wildman–Crippen MR) is 88.3 cm³/mol. The van der Waals surface area contributed by atoms with Gasteiger partial charge >= 0.3 is 0 Å². The fourth-order valence-corrected chi connectivity index (χ4v) is 6.98. The third-order valence-corrected chi connectivity index (χ3v) is 8.36. The van der Waals surface area contributed by atoms with Crippen LogP contribution in [0.15, 0.2) is 11.6 Å². The van der Waals surface area contributed by atoms with Crippen LogP contribution in [0.1, 0.15) is 65.7 Å². The van der Waals surface area contributed by atoms with E-state index >= 15 is 0 Å². The molecule has 2 heteroatoms. The van der Waals surface area contributed by atoms with Gasteiger partial charge in [0, 0.05) is 0 Å². The highest BCUT2D eigenvalue weighted by atomic mass is 16.3. The van der Waals surface area contributed by atoms with Crippen LogP contribution in [0.5, 0.6) is 0 Å². The number of fused-ring (bicyclic) bond motifs is 5. The maximum atomic E-state index is 10.7. The minimum absolute atomic E-state index is 0.107. The van der Waals surface area contributed by atoms with Crippen molar-refractivity contribution in [1.82, 2.24) is 0 Å². The Balaban J connectivity index is 1.68. The fraction of sp³-hybridized carbons (Fsp3) is 0.900. The van der Waals surface area contributed by atoms with E-state index in [-0.39, 0.29) is 17.6 Å². The number of rotatable bonds is 0. The summed E-state index contributed by atoms with van der Waals surface area (Å²) in [7, 11) is 0. The molecule has 3 fully saturated rings. The van der Waals surface area contributed by atoms with Crippen molar-refractivity contribution in [3.63, 3.8) is 0 Å². The Morgan fingerprint density at radius 3 is 2.64 bits per heavy atom. The highest BCUT2D eigenvalue weighted by molar-refractivity contribution is 5.25. The zero-order valence-corrected chi connectivity index (χ0v) is 14.4. The monoisotopic (exact) mass is 304 g/mol. The molecule has 0 aromatic carbocycles. The molecule has 0 aromatic rings. The smallest absolute Gasteiger partial charge is 0.0622 e. The summed E-state index contributed by atoms with van der Waals surface area (Å²) in [5, 5.41) is 20.8. The summed E-state index contributed by atoms with van der Waals surface area (Å²) in [6.45, 7) is 7.07. The fourth-order valence-electron chi connectivity index (χ4n) is 6.98. The second-order valence-corrected chi connectivity index (χ2v) is 9.36. The average molecular weight is 304 g/mol. The first-order valence-corrected chi connectivity index (χ1v) is 9.42. The highest BCUT2D eigenvalue weighted by Gasteiger charge is 2.59. The van der Waals surface area contributed by atoms with E-state index in [1.165, 1.54) is 25.7 Å². The Labute approximate surface area is 135 Å². The van der Waals surface area contributed by atoms with Gasteiger partial charge in [0.1, 0.15) is 0 Å². The molecule has 4 aliphatic carbocycles. The summed E-state index contributed by atoms with van der Waals surface area (Å²) in [6.07, 6.45) is 10.1. The summed E-state index contributed by atoms with van der Waals surface area (Å²) in [4.78, 5) is 0. The van der Waals surface area contributed by atoms with Crippen molar-refractivity contribution in [3.8, 4) is 0 Å². The van der Waals surface area contributed by atoms with Crippen molar-refractivity contribution >= 4 is 0 Å². The van der Waals surface area contributed by atoms with Crippen LogP contribution < -0.4 is 0 Å². The zero-order chi connectivity index (χ0) is 15.7. The van der Waals surface area contributed by atoms with Gasteiger partial charge in [0.2, 0.25) is 0 Å². The molecule has 0 spiro atoms. The van der Waals surface area contributed by atoms with E-state index in [9.17, 15) is 10.2 Å². The van der Waals surface area contributed by atoms with Crippen LogP contribution in [0.3, 0.4) is 0 Å². The van der Waals surface area contributed by atoms with E-state index < -0.39 is 0 Å². The Hall–Kier alpha value is -0.340. The van der Waals surface area contributed by atoms with E-state index in [0.29, 0.717) is 17.3 Å². The normalized spacial score (nSPS) is 57.6. The van der Waals surface area contributed by atoms with Crippen molar-refractivity contribution in [2.24, 2.45) is 34.5 Å². The van der Waals surface area contributed by atoms with Gasteiger partial charge in [-0.25, -0.2) is 0 Å². The Kier molecular flexibility index (Phi) is 3.34. The van der Waals surface area contributed by atoms with E-state index in [0.717, 1.165) is 31.1 Å². The molecule has 0 amide bonds. The predicted octanol–water partition coefficient (Wildman–Crippen LogP) is 3.92. The number of aliphatic hydroxyl groups excluding tert-OH is 2. The van der Waals surface area contributed by atoms with Gasteiger partial charge in [0.15, 0.2) is 0 Å². The lowest BCUT2D eigenvalue weighted by Crippen LogP contribution is -2.51. The Bertz CT molecular complexity index is 498. The molecule has 2 nitrogen and oxygen atoms in total. The lowest BCUT2D eigenvalue weighted by Gasteiger charge is -2.57. The number of hydrogen-bond acceptors (Lipinski definition) is 2. The molecule has 0 bridgehead atoms. The Morgan fingerprint density at radius 2 is 1.86 bits per heavy atom. The largest absolute Gasteiger partial charge is 0.393 e. The minimum atomic E-state index is -0.113.